The van der Waals surface area contributed by atoms with E-state index in [1.165, 1.54) is 38.5 Å². The molecular formula is C17H31NO3. The van der Waals surface area contributed by atoms with E-state index in [4.69, 9.17) is 5.11 Å². The lowest BCUT2D eigenvalue weighted by molar-refractivity contribution is -0.142. The highest BCUT2D eigenvalue weighted by Crippen LogP contribution is 2.27. The molecule has 0 aromatic carbocycles. The topological polar surface area (TPSA) is 66.4 Å². The van der Waals surface area contributed by atoms with Crippen LogP contribution in [-0.4, -0.2) is 23.0 Å². The molecule has 0 saturated heterocycles. The lowest BCUT2D eigenvalue weighted by Crippen LogP contribution is -2.41. The third kappa shape index (κ3) is 8.08. The average Bonchev–Trinajstić information content (AvgIpc) is 2.43. The predicted octanol–water partition coefficient (Wildman–Crippen LogP) is 3.74. The first-order valence-corrected chi connectivity index (χ1v) is 8.51. The van der Waals surface area contributed by atoms with Gasteiger partial charge in [-0.3, -0.25) is 4.79 Å². The van der Waals surface area contributed by atoms with E-state index in [-0.39, 0.29) is 11.8 Å². The summed E-state index contributed by atoms with van der Waals surface area (Å²) in [6, 6.07) is -0.740. The number of amides is 1. The molecule has 1 aliphatic carbocycles. The molecule has 1 fully saturated rings. The minimum Gasteiger partial charge on any atom is -0.480 e. The molecule has 2 N–H and O–H groups in total. The van der Waals surface area contributed by atoms with Gasteiger partial charge in [0.25, 0.3) is 0 Å². The Balaban J connectivity index is 2.15. The summed E-state index contributed by atoms with van der Waals surface area (Å²) in [6.45, 7) is 3.93. The van der Waals surface area contributed by atoms with Crippen LogP contribution in [0.2, 0.25) is 0 Å². The minimum absolute atomic E-state index is 0.119. The molecule has 1 saturated carbocycles. The summed E-state index contributed by atoms with van der Waals surface area (Å²) in [4.78, 5) is 22.9. The second kappa shape index (κ2) is 9.80. The van der Waals surface area contributed by atoms with Crippen molar-refractivity contribution in [3.8, 4) is 0 Å². The molecule has 0 aromatic heterocycles. The average molecular weight is 297 g/mol. The van der Waals surface area contributed by atoms with Crippen LogP contribution in [-0.2, 0) is 9.59 Å². The number of aliphatic carboxylic acids is 1. The van der Waals surface area contributed by atoms with Crippen LogP contribution in [0.15, 0.2) is 0 Å². The summed E-state index contributed by atoms with van der Waals surface area (Å²) >= 11 is 0. The Bertz CT molecular complexity index is 322. The fourth-order valence-electron chi connectivity index (χ4n) is 3.15. The zero-order chi connectivity index (χ0) is 15.7. The Labute approximate surface area is 128 Å². The number of hydrogen-bond acceptors (Lipinski definition) is 2. The quantitative estimate of drug-likeness (QED) is 0.637. The lowest BCUT2D eigenvalue weighted by Gasteiger charge is -2.21. The molecule has 4 nitrogen and oxygen atoms in total. The van der Waals surface area contributed by atoms with Gasteiger partial charge >= 0.3 is 5.97 Å². The molecule has 0 radical (unpaired) electrons. The highest BCUT2D eigenvalue weighted by atomic mass is 16.4. The van der Waals surface area contributed by atoms with Crippen LogP contribution in [0.25, 0.3) is 0 Å². The molecule has 0 aliphatic heterocycles. The van der Waals surface area contributed by atoms with E-state index in [1.54, 1.807) is 0 Å². The smallest absolute Gasteiger partial charge is 0.326 e. The molecular weight excluding hydrogens is 266 g/mol. The van der Waals surface area contributed by atoms with Crippen LogP contribution in [0.3, 0.4) is 0 Å². The van der Waals surface area contributed by atoms with Crippen molar-refractivity contribution in [2.24, 2.45) is 11.8 Å². The Morgan fingerprint density at radius 2 is 1.81 bits per heavy atom. The number of unbranched alkanes of at least 4 members (excludes halogenated alkanes) is 1. The van der Waals surface area contributed by atoms with Crippen molar-refractivity contribution in [1.29, 1.82) is 0 Å². The van der Waals surface area contributed by atoms with E-state index in [9.17, 15) is 9.59 Å². The monoisotopic (exact) mass is 297 g/mol. The SMILES string of the molecule is CC(C)CC(NC(=O)CCCCC1CCCCC1)C(=O)O. The van der Waals surface area contributed by atoms with Gasteiger partial charge in [-0.1, -0.05) is 58.8 Å². The number of carboxylic acid groups (broad SMARTS) is 1. The molecule has 0 aromatic rings. The van der Waals surface area contributed by atoms with Crippen molar-refractivity contribution in [3.05, 3.63) is 0 Å². The van der Waals surface area contributed by atoms with Crippen LogP contribution < -0.4 is 5.32 Å². The van der Waals surface area contributed by atoms with Crippen molar-refractivity contribution in [2.75, 3.05) is 0 Å². The third-order valence-corrected chi connectivity index (χ3v) is 4.33. The summed E-state index contributed by atoms with van der Waals surface area (Å²) in [6.07, 6.45) is 10.9. The van der Waals surface area contributed by atoms with Gasteiger partial charge in [0.15, 0.2) is 0 Å². The van der Waals surface area contributed by atoms with Gasteiger partial charge in [0.2, 0.25) is 5.91 Å². The zero-order valence-electron chi connectivity index (χ0n) is 13.6. The van der Waals surface area contributed by atoms with Crippen molar-refractivity contribution in [2.45, 2.75) is 84.1 Å². The fourth-order valence-corrected chi connectivity index (χ4v) is 3.15. The van der Waals surface area contributed by atoms with Gasteiger partial charge in [0.05, 0.1) is 0 Å². The van der Waals surface area contributed by atoms with Crippen molar-refractivity contribution in [1.82, 2.24) is 5.32 Å². The normalized spacial score (nSPS) is 17.7. The van der Waals surface area contributed by atoms with Gasteiger partial charge in [0, 0.05) is 6.42 Å². The van der Waals surface area contributed by atoms with Gasteiger partial charge in [-0.15, -0.1) is 0 Å². The highest BCUT2D eigenvalue weighted by molar-refractivity contribution is 5.83. The predicted molar refractivity (Wildman–Crippen MR) is 84.1 cm³/mol. The standard InChI is InChI=1S/C17H31NO3/c1-13(2)12-15(17(20)21)18-16(19)11-7-6-10-14-8-4-3-5-9-14/h13-15H,3-12H2,1-2H3,(H,18,19)(H,20,21). The summed E-state index contributed by atoms with van der Waals surface area (Å²) in [5, 5.41) is 11.7. The van der Waals surface area contributed by atoms with Crippen LogP contribution in [0.5, 0.6) is 0 Å². The number of rotatable bonds is 9. The number of carboxylic acids is 1. The van der Waals surface area contributed by atoms with Crippen LogP contribution >= 0.6 is 0 Å². The molecule has 1 aliphatic rings. The second-order valence-electron chi connectivity index (χ2n) is 6.84. The summed E-state index contributed by atoms with van der Waals surface area (Å²) in [5.74, 6) is 0.0678. The maximum Gasteiger partial charge on any atom is 0.326 e. The molecule has 21 heavy (non-hydrogen) atoms. The molecule has 1 atom stereocenters. The summed E-state index contributed by atoms with van der Waals surface area (Å²) in [5.41, 5.74) is 0. The Morgan fingerprint density at radius 1 is 1.14 bits per heavy atom. The second-order valence-corrected chi connectivity index (χ2v) is 6.84. The van der Waals surface area contributed by atoms with Crippen molar-refractivity contribution < 1.29 is 14.7 Å². The van der Waals surface area contributed by atoms with Crippen molar-refractivity contribution >= 4 is 11.9 Å². The number of carbonyl (C=O) groups is 2. The fraction of sp³-hybridized carbons (Fsp3) is 0.882. The molecule has 4 heteroatoms. The number of hydrogen-bond donors (Lipinski definition) is 2. The molecule has 1 unspecified atom stereocenters. The van der Waals surface area contributed by atoms with E-state index in [0.29, 0.717) is 12.8 Å². The maximum absolute atomic E-state index is 11.8. The van der Waals surface area contributed by atoms with Gasteiger partial charge in [-0.25, -0.2) is 4.79 Å². The molecule has 0 spiro atoms. The minimum atomic E-state index is -0.931. The third-order valence-electron chi connectivity index (χ3n) is 4.33. The number of carbonyl (C=O) groups excluding carboxylic acids is 1. The largest absolute Gasteiger partial charge is 0.480 e. The first-order chi connectivity index (χ1) is 9.99. The van der Waals surface area contributed by atoms with E-state index in [0.717, 1.165) is 18.8 Å². The van der Waals surface area contributed by atoms with Crippen LogP contribution in [0.4, 0.5) is 0 Å². The summed E-state index contributed by atoms with van der Waals surface area (Å²) < 4.78 is 0. The van der Waals surface area contributed by atoms with Gasteiger partial charge in [0.1, 0.15) is 6.04 Å². The molecule has 122 valence electrons. The Kier molecular flexibility index (Phi) is 8.40. The van der Waals surface area contributed by atoms with E-state index in [2.05, 4.69) is 5.32 Å². The van der Waals surface area contributed by atoms with Gasteiger partial charge in [-0.2, -0.15) is 0 Å². The highest BCUT2D eigenvalue weighted by Gasteiger charge is 2.20. The molecule has 0 heterocycles. The number of nitrogens with one attached hydrogen (secondary N) is 1. The Morgan fingerprint density at radius 3 is 2.38 bits per heavy atom. The van der Waals surface area contributed by atoms with Gasteiger partial charge in [-0.05, 0) is 24.7 Å². The van der Waals surface area contributed by atoms with Gasteiger partial charge < -0.3 is 10.4 Å². The van der Waals surface area contributed by atoms with Crippen LogP contribution in [0.1, 0.15) is 78.1 Å². The summed E-state index contributed by atoms with van der Waals surface area (Å²) in [7, 11) is 0. The molecule has 1 amide bonds. The lowest BCUT2D eigenvalue weighted by atomic mass is 9.85. The Hall–Kier alpha value is -1.06. The molecule has 1 rings (SSSR count). The van der Waals surface area contributed by atoms with E-state index < -0.39 is 12.0 Å². The maximum atomic E-state index is 11.8. The van der Waals surface area contributed by atoms with E-state index >= 15 is 0 Å². The van der Waals surface area contributed by atoms with Crippen molar-refractivity contribution in [3.63, 3.8) is 0 Å². The first kappa shape index (κ1) is 18.0. The molecule has 0 bridgehead atoms. The van der Waals surface area contributed by atoms with Crippen LogP contribution in [0, 0.1) is 11.8 Å². The first-order valence-electron chi connectivity index (χ1n) is 8.51. The van der Waals surface area contributed by atoms with E-state index in [1.807, 2.05) is 13.8 Å². The zero-order valence-corrected chi connectivity index (χ0v) is 13.6.